The van der Waals surface area contributed by atoms with Gasteiger partial charge in [0.2, 0.25) is 0 Å². The highest BCUT2D eigenvalue weighted by Crippen LogP contribution is 2.29. The summed E-state index contributed by atoms with van der Waals surface area (Å²) >= 11 is 5.90. The number of carbonyl (C=O) groups excluding carboxylic acids is 2. The average Bonchev–Trinajstić information content (AvgIpc) is 2.72. The Hall–Kier alpha value is -2.53. The van der Waals surface area contributed by atoms with Crippen LogP contribution in [0.5, 0.6) is 11.5 Å². The fraction of sp³-hybridized carbons (Fsp3) is 0.333. The van der Waals surface area contributed by atoms with Crippen LogP contribution >= 0.6 is 11.6 Å². The fourth-order valence-corrected chi connectivity index (χ4v) is 3.50. The zero-order chi connectivity index (χ0) is 19.4. The molecule has 1 amide bonds. The highest BCUT2D eigenvalue weighted by molar-refractivity contribution is 6.30. The number of rotatable bonds is 5. The van der Waals surface area contributed by atoms with E-state index in [0.717, 1.165) is 12.8 Å². The maximum Gasteiger partial charge on any atom is 0.254 e. The number of ketones is 1. The molecule has 0 aromatic heterocycles. The van der Waals surface area contributed by atoms with Crippen LogP contribution in [0.3, 0.4) is 0 Å². The number of benzene rings is 2. The van der Waals surface area contributed by atoms with Gasteiger partial charge in [-0.25, -0.2) is 0 Å². The van der Waals surface area contributed by atoms with E-state index in [2.05, 4.69) is 0 Å². The molecule has 2 aromatic carbocycles. The largest absolute Gasteiger partial charge is 0.493 e. The van der Waals surface area contributed by atoms with Crippen LogP contribution in [-0.2, 0) is 0 Å². The Labute approximate surface area is 163 Å². The van der Waals surface area contributed by atoms with Crippen LogP contribution in [0, 0.1) is 5.92 Å². The minimum Gasteiger partial charge on any atom is -0.493 e. The molecule has 142 valence electrons. The first kappa shape index (κ1) is 19.2. The normalized spacial score (nSPS) is 16.7. The van der Waals surface area contributed by atoms with E-state index in [0.29, 0.717) is 40.7 Å². The number of hydrogen-bond donors (Lipinski definition) is 0. The van der Waals surface area contributed by atoms with Gasteiger partial charge >= 0.3 is 0 Å². The van der Waals surface area contributed by atoms with Gasteiger partial charge in [0.05, 0.1) is 14.2 Å². The van der Waals surface area contributed by atoms with Crippen molar-refractivity contribution in [1.29, 1.82) is 0 Å². The van der Waals surface area contributed by atoms with Crippen molar-refractivity contribution in [3.8, 4) is 11.5 Å². The van der Waals surface area contributed by atoms with Gasteiger partial charge < -0.3 is 14.4 Å². The second kappa shape index (κ2) is 8.44. The van der Waals surface area contributed by atoms with Gasteiger partial charge in [-0.3, -0.25) is 9.59 Å². The van der Waals surface area contributed by atoms with E-state index in [1.807, 2.05) is 0 Å². The highest BCUT2D eigenvalue weighted by Gasteiger charge is 2.29. The van der Waals surface area contributed by atoms with E-state index in [-0.39, 0.29) is 17.6 Å². The molecule has 1 fully saturated rings. The summed E-state index contributed by atoms with van der Waals surface area (Å²) in [6, 6.07) is 12.0. The predicted molar refractivity (Wildman–Crippen MR) is 104 cm³/mol. The quantitative estimate of drug-likeness (QED) is 0.725. The lowest BCUT2D eigenvalue weighted by atomic mass is 9.89. The molecule has 5 nitrogen and oxygen atoms in total. The third-order valence-electron chi connectivity index (χ3n) is 4.84. The van der Waals surface area contributed by atoms with Crippen molar-refractivity contribution in [3.05, 3.63) is 58.6 Å². The summed E-state index contributed by atoms with van der Waals surface area (Å²) in [5.41, 5.74) is 1.15. The summed E-state index contributed by atoms with van der Waals surface area (Å²) in [6.45, 7) is 1.05. The number of nitrogens with zero attached hydrogens (tertiary/aromatic N) is 1. The van der Waals surface area contributed by atoms with Crippen molar-refractivity contribution in [1.82, 2.24) is 4.90 Å². The summed E-state index contributed by atoms with van der Waals surface area (Å²) < 4.78 is 10.5. The smallest absolute Gasteiger partial charge is 0.254 e. The number of hydrogen-bond acceptors (Lipinski definition) is 4. The first-order valence-electron chi connectivity index (χ1n) is 8.84. The molecule has 2 aromatic rings. The van der Waals surface area contributed by atoms with E-state index in [1.165, 1.54) is 7.11 Å². The fourth-order valence-electron chi connectivity index (χ4n) is 3.38. The molecule has 0 spiro atoms. The van der Waals surface area contributed by atoms with Crippen molar-refractivity contribution in [2.75, 3.05) is 27.3 Å². The van der Waals surface area contributed by atoms with Gasteiger partial charge in [-0.1, -0.05) is 11.6 Å². The van der Waals surface area contributed by atoms with Gasteiger partial charge in [-0.2, -0.15) is 0 Å². The van der Waals surface area contributed by atoms with Crippen molar-refractivity contribution in [2.45, 2.75) is 12.8 Å². The van der Waals surface area contributed by atoms with Crippen molar-refractivity contribution in [3.63, 3.8) is 0 Å². The number of piperidine rings is 1. The molecule has 0 radical (unpaired) electrons. The first-order valence-corrected chi connectivity index (χ1v) is 9.22. The Bertz CT molecular complexity index is 835. The summed E-state index contributed by atoms with van der Waals surface area (Å²) in [7, 11) is 3.09. The maximum atomic E-state index is 12.9. The van der Waals surface area contributed by atoms with Crippen molar-refractivity contribution < 1.29 is 19.1 Å². The van der Waals surface area contributed by atoms with Gasteiger partial charge in [-0.05, 0) is 55.3 Å². The Balaban J connectivity index is 1.74. The zero-order valence-electron chi connectivity index (χ0n) is 15.4. The lowest BCUT2D eigenvalue weighted by Crippen LogP contribution is -2.42. The van der Waals surface area contributed by atoms with Gasteiger partial charge in [0.15, 0.2) is 17.3 Å². The third-order valence-corrected chi connectivity index (χ3v) is 5.09. The molecular formula is C21H22ClNO4. The molecule has 0 saturated carbocycles. The van der Waals surface area contributed by atoms with E-state index in [9.17, 15) is 9.59 Å². The van der Waals surface area contributed by atoms with Gasteiger partial charge in [0, 0.05) is 35.2 Å². The standard InChI is InChI=1S/C21H22ClNO4/c1-26-18-10-7-15(12-19(18)27-2)21(25)23-11-3-4-16(13-23)20(24)14-5-8-17(22)9-6-14/h5-10,12,16H,3-4,11,13H2,1-2H3. The number of methoxy groups -OCH3 is 2. The van der Waals surface area contributed by atoms with E-state index < -0.39 is 0 Å². The molecule has 1 aliphatic rings. The van der Waals surface area contributed by atoms with Crippen molar-refractivity contribution >= 4 is 23.3 Å². The summed E-state index contributed by atoms with van der Waals surface area (Å²) in [4.78, 5) is 27.4. The van der Waals surface area contributed by atoms with Crippen LogP contribution in [0.25, 0.3) is 0 Å². The number of halogens is 1. The van der Waals surface area contributed by atoms with Crippen LogP contribution in [-0.4, -0.2) is 43.9 Å². The van der Waals surface area contributed by atoms with E-state index >= 15 is 0 Å². The van der Waals surface area contributed by atoms with E-state index in [4.69, 9.17) is 21.1 Å². The number of Topliss-reactive ketones (excluding diaryl/α,β-unsaturated/α-hetero) is 1. The molecule has 0 N–H and O–H groups in total. The number of ether oxygens (including phenoxy) is 2. The predicted octanol–water partition coefficient (Wildman–Crippen LogP) is 4.09. The molecular weight excluding hydrogens is 366 g/mol. The Morgan fingerprint density at radius 3 is 2.33 bits per heavy atom. The minimum atomic E-state index is -0.205. The Kier molecular flexibility index (Phi) is 6.01. The third kappa shape index (κ3) is 4.25. The molecule has 1 heterocycles. The lowest BCUT2D eigenvalue weighted by Gasteiger charge is -2.32. The Morgan fingerprint density at radius 1 is 1.00 bits per heavy atom. The SMILES string of the molecule is COc1ccc(C(=O)N2CCCC(C(=O)c3ccc(Cl)cc3)C2)cc1OC. The minimum absolute atomic E-state index is 0.0523. The van der Waals surface area contributed by atoms with Crippen molar-refractivity contribution in [2.24, 2.45) is 5.92 Å². The molecule has 1 unspecified atom stereocenters. The number of likely N-dealkylation sites (tertiary alicyclic amines) is 1. The number of carbonyl (C=O) groups is 2. The molecule has 6 heteroatoms. The molecule has 1 aliphatic heterocycles. The molecule has 1 saturated heterocycles. The monoisotopic (exact) mass is 387 g/mol. The van der Waals surface area contributed by atoms with Crippen LogP contribution in [0.4, 0.5) is 0 Å². The molecule has 1 atom stereocenters. The van der Waals surface area contributed by atoms with Crippen LogP contribution in [0.2, 0.25) is 5.02 Å². The lowest BCUT2D eigenvalue weighted by molar-refractivity contribution is 0.0636. The van der Waals surface area contributed by atoms with Crippen LogP contribution in [0.1, 0.15) is 33.6 Å². The van der Waals surface area contributed by atoms with Crippen LogP contribution < -0.4 is 9.47 Å². The average molecular weight is 388 g/mol. The second-order valence-corrected chi connectivity index (χ2v) is 6.97. The molecule has 3 rings (SSSR count). The topological polar surface area (TPSA) is 55.8 Å². The second-order valence-electron chi connectivity index (χ2n) is 6.53. The zero-order valence-corrected chi connectivity index (χ0v) is 16.2. The van der Waals surface area contributed by atoms with Gasteiger partial charge in [0.25, 0.3) is 5.91 Å². The molecule has 27 heavy (non-hydrogen) atoms. The molecule has 0 bridgehead atoms. The van der Waals surface area contributed by atoms with E-state index in [1.54, 1.807) is 54.5 Å². The van der Waals surface area contributed by atoms with Crippen LogP contribution in [0.15, 0.2) is 42.5 Å². The number of amides is 1. The Morgan fingerprint density at radius 2 is 1.67 bits per heavy atom. The summed E-state index contributed by atoms with van der Waals surface area (Å²) in [6.07, 6.45) is 1.57. The summed E-state index contributed by atoms with van der Waals surface area (Å²) in [5.74, 6) is 0.822. The highest BCUT2D eigenvalue weighted by atomic mass is 35.5. The van der Waals surface area contributed by atoms with Gasteiger partial charge in [-0.15, -0.1) is 0 Å². The van der Waals surface area contributed by atoms with Gasteiger partial charge in [0.1, 0.15) is 0 Å². The molecule has 0 aliphatic carbocycles. The summed E-state index contributed by atoms with van der Waals surface area (Å²) in [5, 5.41) is 0.598. The first-order chi connectivity index (χ1) is 13.0. The maximum absolute atomic E-state index is 12.9.